The summed E-state index contributed by atoms with van der Waals surface area (Å²) in [6, 6.07) is 12.1. The lowest BCUT2D eigenvalue weighted by molar-refractivity contribution is 0.415. The second-order valence-corrected chi connectivity index (χ2v) is 5.24. The standard InChI is InChI=1S/C15H16BrFN2O/c1-20-12-5-3-11(4-6-12)19-15(9-18)13-7-2-10(16)8-14(13)17/h2-8,15,19H,9,18H2,1H3. The second-order valence-electron chi connectivity index (χ2n) is 4.33. The topological polar surface area (TPSA) is 47.3 Å². The Balaban J connectivity index is 2.19. The van der Waals surface area contributed by atoms with Gasteiger partial charge in [-0.3, -0.25) is 0 Å². The van der Waals surface area contributed by atoms with Gasteiger partial charge in [-0.25, -0.2) is 4.39 Å². The summed E-state index contributed by atoms with van der Waals surface area (Å²) < 4.78 is 19.8. The third kappa shape index (κ3) is 3.49. The molecule has 0 aromatic heterocycles. The molecule has 20 heavy (non-hydrogen) atoms. The lowest BCUT2D eigenvalue weighted by atomic mass is 10.1. The first-order valence-corrected chi connectivity index (χ1v) is 6.99. The fraction of sp³-hybridized carbons (Fsp3) is 0.200. The number of anilines is 1. The Morgan fingerprint density at radius 3 is 2.50 bits per heavy atom. The number of hydrogen-bond acceptors (Lipinski definition) is 3. The SMILES string of the molecule is COc1ccc(NC(CN)c2ccc(Br)cc2F)cc1. The minimum absolute atomic E-state index is 0.281. The average Bonchev–Trinajstić information content (AvgIpc) is 2.46. The normalized spacial score (nSPS) is 12.0. The van der Waals surface area contributed by atoms with Crippen molar-refractivity contribution in [3.63, 3.8) is 0 Å². The summed E-state index contributed by atoms with van der Waals surface area (Å²) in [6.07, 6.45) is 0. The van der Waals surface area contributed by atoms with Gasteiger partial charge in [0.15, 0.2) is 0 Å². The Morgan fingerprint density at radius 1 is 1.25 bits per heavy atom. The molecule has 1 atom stereocenters. The fourth-order valence-corrected chi connectivity index (χ4v) is 2.27. The first kappa shape index (κ1) is 14.8. The smallest absolute Gasteiger partial charge is 0.129 e. The van der Waals surface area contributed by atoms with Crippen molar-refractivity contribution in [2.75, 3.05) is 19.0 Å². The Kier molecular flexibility index (Phi) is 4.98. The number of nitrogens with one attached hydrogen (secondary N) is 1. The highest BCUT2D eigenvalue weighted by molar-refractivity contribution is 9.10. The van der Waals surface area contributed by atoms with E-state index in [-0.39, 0.29) is 11.9 Å². The molecule has 0 amide bonds. The molecule has 0 saturated heterocycles. The van der Waals surface area contributed by atoms with Crippen molar-refractivity contribution in [1.82, 2.24) is 0 Å². The number of hydrogen-bond donors (Lipinski definition) is 2. The first-order valence-electron chi connectivity index (χ1n) is 6.19. The van der Waals surface area contributed by atoms with Crippen LogP contribution >= 0.6 is 15.9 Å². The summed E-state index contributed by atoms with van der Waals surface area (Å²) in [5.41, 5.74) is 7.16. The molecule has 3 N–H and O–H groups in total. The predicted molar refractivity (Wildman–Crippen MR) is 82.5 cm³/mol. The van der Waals surface area contributed by atoms with Crippen LogP contribution in [-0.2, 0) is 0 Å². The van der Waals surface area contributed by atoms with Gasteiger partial charge in [0.1, 0.15) is 11.6 Å². The summed E-state index contributed by atoms with van der Waals surface area (Å²) in [6.45, 7) is 0.296. The van der Waals surface area contributed by atoms with Gasteiger partial charge in [-0.2, -0.15) is 0 Å². The lowest BCUT2D eigenvalue weighted by Crippen LogP contribution is -2.21. The molecule has 0 aliphatic carbocycles. The Bertz CT molecular complexity index is 575. The highest BCUT2D eigenvalue weighted by Crippen LogP contribution is 2.25. The number of nitrogens with two attached hydrogens (primary N) is 1. The summed E-state index contributed by atoms with van der Waals surface area (Å²) in [5, 5.41) is 3.22. The molecule has 5 heteroatoms. The van der Waals surface area contributed by atoms with Crippen LogP contribution in [0.15, 0.2) is 46.9 Å². The van der Waals surface area contributed by atoms with Crippen LogP contribution in [0.4, 0.5) is 10.1 Å². The van der Waals surface area contributed by atoms with Gasteiger partial charge < -0.3 is 15.8 Å². The second kappa shape index (κ2) is 6.72. The van der Waals surface area contributed by atoms with Crippen molar-refractivity contribution in [2.24, 2.45) is 5.73 Å². The molecule has 106 valence electrons. The van der Waals surface area contributed by atoms with E-state index >= 15 is 0 Å². The van der Waals surface area contributed by atoms with E-state index < -0.39 is 0 Å². The fourth-order valence-electron chi connectivity index (χ4n) is 1.94. The molecule has 2 rings (SSSR count). The largest absolute Gasteiger partial charge is 0.497 e. The zero-order chi connectivity index (χ0) is 14.5. The van der Waals surface area contributed by atoms with Gasteiger partial charge in [0.2, 0.25) is 0 Å². The van der Waals surface area contributed by atoms with Crippen molar-refractivity contribution in [2.45, 2.75) is 6.04 Å². The van der Waals surface area contributed by atoms with E-state index in [1.165, 1.54) is 6.07 Å². The molecular weight excluding hydrogens is 323 g/mol. The molecule has 3 nitrogen and oxygen atoms in total. The summed E-state index contributed by atoms with van der Waals surface area (Å²) in [7, 11) is 1.61. The summed E-state index contributed by atoms with van der Waals surface area (Å²) >= 11 is 3.24. The van der Waals surface area contributed by atoms with E-state index in [9.17, 15) is 4.39 Å². The van der Waals surface area contributed by atoms with Crippen LogP contribution in [-0.4, -0.2) is 13.7 Å². The van der Waals surface area contributed by atoms with Crippen LogP contribution < -0.4 is 15.8 Å². The molecule has 0 bridgehead atoms. The van der Waals surface area contributed by atoms with Gasteiger partial charge in [0.05, 0.1) is 13.2 Å². The first-order chi connectivity index (χ1) is 9.63. The van der Waals surface area contributed by atoms with Crippen LogP contribution in [0.3, 0.4) is 0 Å². The van der Waals surface area contributed by atoms with E-state index in [2.05, 4.69) is 21.2 Å². The van der Waals surface area contributed by atoms with Gasteiger partial charge >= 0.3 is 0 Å². The third-order valence-electron chi connectivity index (χ3n) is 3.00. The van der Waals surface area contributed by atoms with Crippen LogP contribution in [0.1, 0.15) is 11.6 Å². The van der Waals surface area contributed by atoms with Gasteiger partial charge in [0, 0.05) is 22.3 Å². The van der Waals surface area contributed by atoms with Crippen molar-refractivity contribution >= 4 is 21.6 Å². The zero-order valence-electron chi connectivity index (χ0n) is 11.1. The van der Waals surface area contributed by atoms with Gasteiger partial charge in [0.25, 0.3) is 0 Å². The molecular formula is C15H16BrFN2O. The van der Waals surface area contributed by atoms with Gasteiger partial charge in [-0.05, 0) is 36.4 Å². The molecule has 0 spiro atoms. The maximum absolute atomic E-state index is 14.0. The number of rotatable bonds is 5. The molecule has 0 heterocycles. The molecule has 2 aromatic carbocycles. The maximum atomic E-state index is 14.0. The molecule has 2 aromatic rings. The van der Waals surface area contributed by atoms with Crippen molar-refractivity contribution < 1.29 is 9.13 Å². The minimum atomic E-state index is -0.282. The monoisotopic (exact) mass is 338 g/mol. The van der Waals surface area contributed by atoms with Crippen molar-refractivity contribution in [1.29, 1.82) is 0 Å². The van der Waals surface area contributed by atoms with Crippen LogP contribution in [0.2, 0.25) is 0 Å². The third-order valence-corrected chi connectivity index (χ3v) is 3.50. The number of methoxy groups -OCH3 is 1. The van der Waals surface area contributed by atoms with E-state index in [1.54, 1.807) is 19.2 Å². The Morgan fingerprint density at radius 2 is 1.95 bits per heavy atom. The van der Waals surface area contributed by atoms with Crippen LogP contribution in [0, 0.1) is 5.82 Å². The quantitative estimate of drug-likeness (QED) is 0.873. The van der Waals surface area contributed by atoms with Crippen LogP contribution in [0.25, 0.3) is 0 Å². The van der Waals surface area contributed by atoms with E-state index in [1.807, 2.05) is 24.3 Å². The van der Waals surface area contributed by atoms with Crippen molar-refractivity contribution in [3.05, 3.63) is 58.3 Å². The van der Waals surface area contributed by atoms with E-state index in [0.717, 1.165) is 11.4 Å². The summed E-state index contributed by atoms with van der Waals surface area (Å²) in [5.74, 6) is 0.491. The Hall–Kier alpha value is -1.59. The lowest BCUT2D eigenvalue weighted by Gasteiger charge is -2.19. The highest BCUT2D eigenvalue weighted by Gasteiger charge is 2.14. The highest BCUT2D eigenvalue weighted by atomic mass is 79.9. The number of benzene rings is 2. The molecule has 0 saturated carbocycles. The van der Waals surface area contributed by atoms with Gasteiger partial charge in [-0.1, -0.05) is 22.0 Å². The average molecular weight is 339 g/mol. The summed E-state index contributed by atoms with van der Waals surface area (Å²) in [4.78, 5) is 0. The Labute approximate surface area is 126 Å². The zero-order valence-corrected chi connectivity index (χ0v) is 12.7. The van der Waals surface area contributed by atoms with Gasteiger partial charge in [-0.15, -0.1) is 0 Å². The molecule has 0 aliphatic heterocycles. The molecule has 0 aliphatic rings. The number of halogens is 2. The minimum Gasteiger partial charge on any atom is -0.497 e. The van der Waals surface area contributed by atoms with Crippen LogP contribution in [0.5, 0.6) is 5.75 Å². The maximum Gasteiger partial charge on any atom is 0.129 e. The molecule has 0 fully saturated rings. The number of ether oxygens (including phenoxy) is 1. The molecule has 0 radical (unpaired) electrons. The van der Waals surface area contributed by atoms with Crippen molar-refractivity contribution in [3.8, 4) is 5.75 Å². The predicted octanol–water partition coefficient (Wildman–Crippen LogP) is 3.71. The van der Waals surface area contributed by atoms with E-state index in [0.29, 0.717) is 16.6 Å². The molecule has 1 unspecified atom stereocenters. The van der Waals surface area contributed by atoms with E-state index in [4.69, 9.17) is 10.5 Å².